The minimum absolute atomic E-state index is 0.00778. The van der Waals surface area contributed by atoms with Gasteiger partial charge < -0.3 is 16.0 Å². The summed E-state index contributed by atoms with van der Waals surface area (Å²) < 4.78 is 0. The monoisotopic (exact) mass is 246 g/mol. The number of carbonyl (C=O) groups excluding carboxylic acids is 1. The molecule has 4 N–H and O–H groups in total. The number of nitrogens with zero attached hydrogens (tertiary/aromatic N) is 1. The molecule has 1 amide bonds. The van der Waals surface area contributed by atoms with Crippen LogP contribution in [-0.2, 0) is 4.79 Å². The van der Waals surface area contributed by atoms with Crippen molar-refractivity contribution >= 4 is 16.9 Å². The van der Waals surface area contributed by atoms with Gasteiger partial charge in [-0.15, -0.1) is 0 Å². The van der Waals surface area contributed by atoms with E-state index >= 15 is 0 Å². The Morgan fingerprint density at radius 2 is 2.28 bits per heavy atom. The third-order valence-corrected chi connectivity index (χ3v) is 2.80. The lowest BCUT2D eigenvalue weighted by molar-refractivity contribution is -0.121. The number of carbonyl (C=O) groups is 1. The number of imidazole rings is 1. The molecule has 0 bridgehead atoms. The van der Waals surface area contributed by atoms with Gasteiger partial charge in [0.2, 0.25) is 5.91 Å². The van der Waals surface area contributed by atoms with Gasteiger partial charge in [-0.2, -0.15) is 0 Å². The Labute approximate surface area is 106 Å². The van der Waals surface area contributed by atoms with Gasteiger partial charge in [-0.25, -0.2) is 4.98 Å². The summed E-state index contributed by atoms with van der Waals surface area (Å²) in [5.74, 6) is 0.783. The van der Waals surface area contributed by atoms with E-state index in [0.29, 0.717) is 19.4 Å². The highest BCUT2D eigenvalue weighted by atomic mass is 16.1. The molecule has 0 aliphatic carbocycles. The van der Waals surface area contributed by atoms with E-state index in [2.05, 4.69) is 15.3 Å². The fraction of sp³-hybridized carbons (Fsp3) is 0.385. The zero-order valence-electron chi connectivity index (χ0n) is 10.4. The van der Waals surface area contributed by atoms with Crippen LogP contribution < -0.4 is 11.1 Å². The van der Waals surface area contributed by atoms with Gasteiger partial charge in [0.05, 0.1) is 17.1 Å². The first kappa shape index (κ1) is 12.6. The summed E-state index contributed by atoms with van der Waals surface area (Å²) in [6.07, 6.45) is 1.17. The van der Waals surface area contributed by atoms with Crippen molar-refractivity contribution in [2.75, 3.05) is 6.54 Å². The van der Waals surface area contributed by atoms with E-state index in [9.17, 15) is 4.79 Å². The number of aromatic nitrogens is 2. The number of nitrogens with one attached hydrogen (secondary N) is 2. The topological polar surface area (TPSA) is 83.8 Å². The molecule has 2 rings (SSSR count). The molecule has 1 heterocycles. The van der Waals surface area contributed by atoms with Crippen molar-refractivity contribution in [2.45, 2.75) is 25.8 Å². The largest absolute Gasteiger partial charge is 0.346 e. The molecule has 0 saturated carbocycles. The molecule has 18 heavy (non-hydrogen) atoms. The fourth-order valence-corrected chi connectivity index (χ4v) is 1.82. The summed E-state index contributed by atoms with van der Waals surface area (Å²) >= 11 is 0. The van der Waals surface area contributed by atoms with Crippen molar-refractivity contribution in [3.63, 3.8) is 0 Å². The summed E-state index contributed by atoms with van der Waals surface area (Å²) in [5, 5.41) is 2.90. The Morgan fingerprint density at radius 1 is 1.50 bits per heavy atom. The normalized spacial score (nSPS) is 12.6. The first-order valence-corrected chi connectivity index (χ1v) is 6.15. The first-order valence-electron chi connectivity index (χ1n) is 6.15. The summed E-state index contributed by atoms with van der Waals surface area (Å²) in [6, 6.07) is 7.68. The van der Waals surface area contributed by atoms with Crippen LogP contribution in [0.3, 0.4) is 0 Å². The predicted octanol–water partition coefficient (Wildman–Crippen LogP) is 1.48. The van der Waals surface area contributed by atoms with E-state index in [1.54, 1.807) is 0 Å². The molecule has 0 fully saturated rings. The fourth-order valence-electron chi connectivity index (χ4n) is 1.82. The van der Waals surface area contributed by atoms with Gasteiger partial charge in [0.15, 0.2) is 0 Å². The van der Waals surface area contributed by atoms with Crippen molar-refractivity contribution in [1.82, 2.24) is 15.3 Å². The van der Waals surface area contributed by atoms with Gasteiger partial charge >= 0.3 is 0 Å². The maximum Gasteiger partial charge on any atom is 0.220 e. The molecule has 1 aromatic carbocycles. The maximum atomic E-state index is 11.6. The van der Waals surface area contributed by atoms with Gasteiger partial charge in [-0.3, -0.25) is 4.79 Å². The zero-order chi connectivity index (χ0) is 13.0. The van der Waals surface area contributed by atoms with Gasteiger partial charge in [-0.05, 0) is 32.0 Å². The Hall–Kier alpha value is -1.88. The smallest absolute Gasteiger partial charge is 0.220 e. The highest BCUT2D eigenvalue weighted by molar-refractivity contribution is 5.77. The average Bonchev–Trinajstić information content (AvgIpc) is 2.80. The first-order chi connectivity index (χ1) is 8.70. The number of fused-ring (bicyclic) bond motifs is 1. The van der Waals surface area contributed by atoms with Crippen LogP contribution in [0.1, 0.15) is 31.6 Å². The third-order valence-electron chi connectivity index (χ3n) is 2.80. The standard InChI is InChI=1S/C13H18N4O/c1-9(15-12(18)7-4-8-14)13-16-10-5-2-3-6-11(10)17-13/h2-3,5-6,9H,4,7-8,14H2,1H3,(H,15,18)(H,16,17). The molecular weight excluding hydrogens is 228 g/mol. The van der Waals surface area contributed by atoms with Gasteiger partial charge in [0.25, 0.3) is 0 Å². The van der Waals surface area contributed by atoms with Crippen LogP contribution >= 0.6 is 0 Å². The van der Waals surface area contributed by atoms with Gasteiger partial charge in [-0.1, -0.05) is 12.1 Å². The number of hydrogen-bond donors (Lipinski definition) is 3. The van der Waals surface area contributed by atoms with Crippen LogP contribution in [0.5, 0.6) is 0 Å². The van der Waals surface area contributed by atoms with Crippen LogP contribution in [0.2, 0.25) is 0 Å². The molecule has 0 radical (unpaired) electrons. The van der Waals surface area contributed by atoms with E-state index in [1.165, 1.54) is 0 Å². The van der Waals surface area contributed by atoms with Crippen molar-refractivity contribution in [2.24, 2.45) is 5.73 Å². The van der Waals surface area contributed by atoms with Crippen LogP contribution in [0, 0.1) is 0 Å². The van der Waals surface area contributed by atoms with E-state index in [0.717, 1.165) is 16.9 Å². The molecule has 96 valence electrons. The van der Waals surface area contributed by atoms with Crippen LogP contribution in [0.15, 0.2) is 24.3 Å². The lowest BCUT2D eigenvalue weighted by Crippen LogP contribution is -2.27. The van der Waals surface area contributed by atoms with Gasteiger partial charge in [0, 0.05) is 6.42 Å². The summed E-state index contributed by atoms with van der Waals surface area (Å²) in [4.78, 5) is 19.2. The van der Waals surface area contributed by atoms with Gasteiger partial charge in [0.1, 0.15) is 5.82 Å². The zero-order valence-corrected chi connectivity index (χ0v) is 10.4. The van der Waals surface area contributed by atoms with E-state index in [-0.39, 0.29) is 11.9 Å². The Morgan fingerprint density at radius 3 is 3.00 bits per heavy atom. The third kappa shape index (κ3) is 2.87. The SMILES string of the molecule is CC(NC(=O)CCCN)c1nc2ccccc2[nH]1. The molecular formula is C13H18N4O. The molecule has 0 spiro atoms. The Kier molecular flexibility index (Phi) is 3.94. The number of nitrogens with two attached hydrogens (primary N) is 1. The summed E-state index contributed by atoms with van der Waals surface area (Å²) in [5.41, 5.74) is 7.27. The van der Waals surface area contributed by atoms with Crippen LogP contribution in [0.25, 0.3) is 11.0 Å². The van der Waals surface area contributed by atoms with E-state index < -0.39 is 0 Å². The highest BCUT2D eigenvalue weighted by Gasteiger charge is 2.12. The number of para-hydroxylation sites is 2. The molecule has 0 saturated heterocycles. The van der Waals surface area contributed by atoms with Crippen molar-refractivity contribution < 1.29 is 4.79 Å². The van der Waals surface area contributed by atoms with Crippen molar-refractivity contribution in [3.05, 3.63) is 30.1 Å². The molecule has 5 heteroatoms. The lowest BCUT2D eigenvalue weighted by Gasteiger charge is -2.10. The predicted molar refractivity (Wildman–Crippen MR) is 70.9 cm³/mol. The molecule has 1 aromatic heterocycles. The number of benzene rings is 1. The number of aromatic amines is 1. The van der Waals surface area contributed by atoms with E-state index in [1.807, 2.05) is 31.2 Å². The van der Waals surface area contributed by atoms with E-state index in [4.69, 9.17) is 5.73 Å². The lowest BCUT2D eigenvalue weighted by atomic mass is 10.2. The van der Waals surface area contributed by atoms with Crippen molar-refractivity contribution in [1.29, 1.82) is 0 Å². The Balaban J connectivity index is 2.04. The second-order valence-electron chi connectivity index (χ2n) is 4.32. The maximum absolute atomic E-state index is 11.6. The molecule has 1 unspecified atom stereocenters. The second-order valence-corrected chi connectivity index (χ2v) is 4.32. The number of rotatable bonds is 5. The molecule has 5 nitrogen and oxygen atoms in total. The molecule has 0 aliphatic rings. The molecule has 2 aromatic rings. The van der Waals surface area contributed by atoms with Crippen LogP contribution in [0.4, 0.5) is 0 Å². The molecule has 0 aliphatic heterocycles. The Bertz CT molecular complexity index is 502. The quantitative estimate of drug-likeness (QED) is 0.747. The average molecular weight is 246 g/mol. The summed E-state index contributed by atoms with van der Waals surface area (Å²) in [7, 11) is 0. The number of hydrogen-bond acceptors (Lipinski definition) is 3. The van der Waals surface area contributed by atoms with Crippen LogP contribution in [-0.4, -0.2) is 22.4 Å². The highest BCUT2D eigenvalue weighted by Crippen LogP contribution is 2.15. The summed E-state index contributed by atoms with van der Waals surface area (Å²) in [6.45, 7) is 2.45. The number of amides is 1. The molecule has 1 atom stereocenters. The second kappa shape index (κ2) is 5.64. The van der Waals surface area contributed by atoms with Crippen molar-refractivity contribution in [3.8, 4) is 0 Å². The minimum atomic E-state index is -0.123. The number of H-pyrrole nitrogens is 1. The minimum Gasteiger partial charge on any atom is -0.346 e.